The molecule has 19 heavy (non-hydrogen) atoms. The van der Waals surface area contributed by atoms with Crippen LogP contribution in [0, 0.1) is 0 Å². The fourth-order valence-corrected chi connectivity index (χ4v) is 2.54. The Bertz CT molecular complexity index is 438. The van der Waals surface area contributed by atoms with Crippen LogP contribution in [0.4, 0.5) is 11.4 Å². The smallest absolute Gasteiger partial charge is 0.187 e. The van der Waals surface area contributed by atoms with Gasteiger partial charge in [-0.05, 0) is 38.2 Å². The van der Waals surface area contributed by atoms with Gasteiger partial charge >= 0.3 is 0 Å². The molecule has 0 aliphatic rings. The summed E-state index contributed by atoms with van der Waals surface area (Å²) >= 11 is 17.7. The molecule has 0 saturated heterocycles. The van der Waals surface area contributed by atoms with Crippen LogP contribution in [0.1, 0.15) is 13.8 Å². The number of rotatable bonds is 4. The summed E-state index contributed by atoms with van der Waals surface area (Å²) in [5.74, 6) is 5.54. The van der Waals surface area contributed by atoms with Crippen LogP contribution in [0.15, 0.2) is 12.1 Å². The van der Waals surface area contributed by atoms with Crippen molar-refractivity contribution in [2.75, 3.05) is 30.4 Å². The van der Waals surface area contributed by atoms with Crippen molar-refractivity contribution in [3.05, 3.63) is 22.2 Å². The summed E-state index contributed by atoms with van der Waals surface area (Å²) in [5, 5.41) is 5.85. The van der Waals surface area contributed by atoms with Gasteiger partial charge < -0.3 is 10.2 Å². The lowest BCUT2D eigenvalue weighted by Gasteiger charge is -2.24. The first-order valence-electron chi connectivity index (χ1n) is 5.94. The highest BCUT2D eigenvalue weighted by molar-refractivity contribution is 7.80. The van der Waals surface area contributed by atoms with Crippen molar-refractivity contribution in [1.82, 2.24) is 5.01 Å². The van der Waals surface area contributed by atoms with Gasteiger partial charge in [-0.2, -0.15) is 0 Å². The molecule has 1 aromatic carbocycles. The Morgan fingerprint density at radius 2 is 1.74 bits per heavy atom. The first-order chi connectivity index (χ1) is 8.90. The van der Waals surface area contributed by atoms with Crippen LogP contribution in [-0.4, -0.2) is 30.3 Å². The van der Waals surface area contributed by atoms with E-state index < -0.39 is 0 Å². The van der Waals surface area contributed by atoms with Crippen LogP contribution in [0.3, 0.4) is 0 Å². The number of halogens is 2. The lowest BCUT2D eigenvalue weighted by atomic mass is 10.2. The molecule has 0 saturated carbocycles. The van der Waals surface area contributed by atoms with E-state index in [-0.39, 0.29) is 0 Å². The number of nitrogens with zero attached hydrogens (tertiary/aromatic N) is 2. The lowest BCUT2D eigenvalue weighted by molar-refractivity contribution is 0.548. The predicted octanol–water partition coefficient (Wildman–Crippen LogP) is 3.34. The van der Waals surface area contributed by atoms with Crippen molar-refractivity contribution >= 4 is 51.9 Å². The van der Waals surface area contributed by atoms with E-state index in [9.17, 15) is 0 Å². The molecule has 0 aromatic heterocycles. The van der Waals surface area contributed by atoms with Crippen LogP contribution in [0.25, 0.3) is 0 Å². The van der Waals surface area contributed by atoms with E-state index in [2.05, 4.69) is 24.1 Å². The third kappa shape index (κ3) is 4.11. The van der Waals surface area contributed by atoms with Gasteiger partial charge in [0.2, 0.25) is 0 Å². The molecule has 1 aromatic rings. The van der Waals surface area contributed by atoms with Gasteiger partial charge in [-0.1, -0.05) is 23.2 Å². The number of anilines is 2. The molecule has 0 unspecified atom stereocenters. The van der Waals surface area contributed by atoms with Gasteiger partial charge in [0.1, 0.15) is 0 Å². The van der Waals surface area contributed by atoms with Gasteiger partial charge in [0, 0.05) is 25.8 Å². The lowest BCUT2D eigenvalue weighted by Crippen LogP contribution is -2.36. The van der Waals surface area contributed by atoms with Crippen molar-refractivity contribution in [3.8, 4) is 0 Å². The summed E-state index contributed by atoms with van der Waals surface area (Å²) in [6, 6.07) is 3.58. The Balaban J connectivity index is 3.06. The van der Waals surface area contributed by atoms with Gasteiger partial charge in [0.25, 0.3) is 0 Å². The maximum absolute atomic E-state index is 6.30. The first-order valence-corrected chi connectivity index (χ1v) is 7.10. The Morgan fingerprint density at radius 3 is 2.11 bits per heavy atom. The van der Waals surface area contributed by atoms with E-state index in [1.807, 2.05) is 0 Å². The SMILES string of the molecule is CCN(CC)c1c(Cl)cc(NC(=S)N(C)N)cc1Cl. The molecular weight excluding hydrogens is 303 g/mol. The molecule has 0 atom stereocenters. The summed E-state index contributed by atoms with van der Waals surface area (Å²) < 4.78 is 0. The second-order valence-corrected chi connectivity index (χ2v) is 5.20. The highest BCUT2D eigenvalue weighted by atomic mass is 35.5. The summed E-state index contributed by atoms with van der Waals surface area (Å²) in [5.41, 5.74) is 1.55. The maximum atomic E-state index is 6.30. The third-order valence-electron chi connectivity index (χ3n) is 2.67. The van der Waals surface area contributed by atoms with E-state index in [4.69, 9.17) is 41.3 Å². The van der Waals surface area contributed by atoms with Crippen LogP contribution in [-0.2, 0) is 0 Å². The van der Waals surface area contributed by atoms with Crippen molar-refractivity contribution in [2.45, 2.75) is 13.8 Å². The topological polar surface area (TPSA) is 44.5 Å². The standard InChI is InChI=1S/C12H18Cl2N4S/c1-4-18(5-2)11-9(13)6-8(7-10(11)14)16-12(19)17(3)15/h6-7H,4-5,15H2,1-3H3,(H,16,19). The van der Waals surface area contributed by atoms with E-state index in [1.165, 1.54) is 5.01 Å². The van der Waals surface area contributed by atoms with Gasteiger partial charge in [0.15, 0.2) is 5.11 Å². The number of benzene rings is 1. The van der Waals surface area contributed by atoms with E-state index in [0.717, 1.165) is 18.8 Å². The Morgan fingerprint density at radius 1 is 1.26 bits per heavy atom. The average molecular weight is 321 g/mol. The summed E-state index contributed by atoms with van der Waals surface area (Å²) in [6.07, 6.45) is 0. The molecule has 0 heterocycles. The van der Waals surface area contributed by atoms with Crippen molar-refractivity contribution in [2.24, 2.45) is 5.84 Å². The zero-order valence-corrected chi connectivity index (χ0v) is 13.5. The number of hydrogen-bond donors (Lipinski definition) is 2. The van der Waals surface area contributed by atoms with Crippen LogP contribution < -0.4 is 16.1 Å². The van der Waals surface area contributed by atoms with Crippen molar-refractivity contribution < 1.29 is 0 Å². The van der Waals surface area contributed by atoms with Crippen LogP contribution in [0.2, 0.25) is 10.0 Å². The molecule has 0 aliphatic carbocycles. The van der Waals surface area contributed by atoms with Gasteiger partial charge in [-0.3, -0.25) is 5.01 Å². The molecule has 7 heteroatoms. The second kappa shape index (κ2) is 7.14. The molecule has 1 rings (SSSR count). The van der Waals surface area contributed by atoms with E-state index in [1.54, 1.807) is 19.2 Å². The minimum atomic E-state index is 0.391. The number of thiocarbonyl (C=S) groups is 1. The normalized spacial score (nSPS) is 10.2. The van der Waals surface area contributed by atoms with Gasteiger partial charge in [0.05, 0.1) is 15.7 Å². The Hall–Kier alpha value is -0.750. The molecule has 0 fully saturated rings. The highest BCUT2D eigenvalue weighted by Crippen LogP contribution is 2.36. The highest BCUT2D eigenvalue weighted by Gasteiger charge is 2.14. The zero-order valence-electron chi connectivity index (χ0n) is 11.2. The second-order valence-electron chi connectivity index (χ2n) is 4.00. The largest absolute Gasteiger partial charge is 0.370 e. The van der Waals surface area contributed by atoms with Gasteiger partial charge in [-0.25, -0.2) is 5.84 Å². The first kappa shape index (κ1) is 16.3. The molecule has 0 spiro atoms. The fourth-order valence-electron chi connectivity index (χ4n) is 1.69. The molecule has 106 valence electrons. The molecule has 0 amide bonds. The summed E-state index contributed by atoms with van der Waals surface area (Å²) in [6.45, 7) is 5.79. The molecule has 0 aliphatic heterocycles. The Kier molecular flexibility index (Phi) is 6.13. The monoisotopic (exact) mass is 320 g/mol. The van der Waals surface area contributed by atoms with Gasteiger partial charge in [-0.15, -0.1) is 0 Å². The third-order valence-corrected chi connectivity index (χ3v) is 3.63. The molecule has 0 radical (unpaired) electrons. The number of hydrogen-bond acceptors (Lipinski definition) is 3. The van der Waals surface area contributed by atoms with E-state index >= 15 is 0 Å². The maximum Gasteiger partial charge on any atom is 0.187 e. The summed E-state index contributed by atoms with van der Waals surface area (Å²) in [4.78, 5) is 2.10. The quantitative estimate of drug-likeness (QED) is 0.506. The molecule has 3 N–H and O–H groups in total. The van der Waals surface area contributed by atoms with E-state index in [0.29, 0.717) is 20.8 Å². The Labute approximate surface area is 129 Å². The average Bonchev–Trinajstić information content (AvgIpc) is 2.33. The molecule has 0 bridgehead atoms. The van der Waals surface area contributed by atoms with Crippen LogP contribution >= 0.6 is 35.4 Å². The predicted molar refractivity (Wildman–Crippen MR) is 88.2 cm³/mol. The molecular formula is C12H18Cl2N4S. The van der Waals surface area contributed by atoms with Crippen LogP contribution in [0.5, 0.6) is 0 Å². The number of nitrogens with two attached hydrogens (primary N) is 1. The fraction of sp³-hybridized carbons (Fsp3) is 0.417. The minimum absolute atomic E-state index is 0.391. The van der Waals surface area contributed by atoms with Crippen molar-refractivity contribution in [3.63, 3.8) is 0 Å². The molecule has 4 nitrogen and oxygen atoms in total. The minimum Gasteiger partial charge on any atom is -0.370 e. The van der Waals surface area contributed by atoms with Crippen molar-refractivity contribution in [1.29, 1.82) is 0 Å². The number of hydrazine groups is 1. The summed E-state index contributed by atoms with van der Waals surface area (Å²) in [7, 11) is 1.66. The zero-order chi connectivity index (χ0) is 14.6. The number of nitrogens with one attached hydrogen (secondary N) is 1.